The number of guanidine groups is 1. The fourth-order valence-corrected chi connectivity index (χ4v) is 3.70. The highest BCUT2D eigenvalue weighted by Gasteiger charge is 2.20. The summed E-state index contributed by atoms with van der Waals surface area (Å²) >= 11 is 1.82. The van der Waals surface area contributed by atoms with Gasteiger partial charge in [-0.25, -0.2) is 4.98 Å². The number of piperazine rings is 1. The molecule has 1 saturated heterocycles. The van der Waals surface area contributed by atoms with Crippen molar-refractivity contribution in [1.29, 1.82) is 0 Å². The molecular formula is C17H27IN6S. The number of nitrogens with one attached hydrogen (secondary N) is 1. The van der Waals surface area contributed by atoms with Crippen molar-refractivity contribution in [3.63, 3.8) is 0 Å². The van der Waals surface area contributed by atoms with E-state index in [0.717, 1.165) is 57.6 Å². The van der Waals surface area contributed by atoms with Crippen LogP contribution in [0.3, 0.4) is 0 Å². The molecule has 0 radical (unpaired) electrons. The van der Waals surface area contributed by atoms with Gasteiger partial charge in [-0.05, 0) is 31.4 Å². The van der Waals surface area contributed by atoms with Crippen molar-refractivity contribution in [2.45, 2.75) is 20.4 Å². The van der Waals surface area contributed by atoms with Crippen LogP contribution in [0, 0.1) is 6.92 Å². The average Bonchev–Trinajstić information content (AvgIpc) is 3.27. The Balaban J connectivity index is 0.00000225. The van der Waals surface area contributed by atoms with Gasteiger partial charge in [-0.3, -0.25) is 4.99 Å². The molecule has 8 heteroatoms. The number of aromatic nitrogens is 2. The largest absolute Gasteiger partial charge is 0.360 e. The monoisotopic (exact) mass is 474 g/mol. The van der Waals surface area contributed by atoms with Crippen molar-refractivity contribution in [2.24, 2.45) is 4.99 Å². The van der Waals surface area contributed by atoms with Crippen molar-refractivity contribution in [2.75, 3.05) is 44.2 Å². The number of aliphatic imine (C=N–C) groups is 1. The van der Waals surface area contributed by atoms with Gasteiger partial charge in [0.2, 0.25) is 0 Å². The van der Waals surface area contributed by atoms with Crippen LogP contribution in [0.25, 0.3) is 0 Å². The van der Waals surface area contributed by atoms with Gasteiger partial charge in [0.1, 0.15) is 5.82 Å². The van der Waals surface area contributed by atoms with Crippen LogP contribution < -0.4 is 10.2 Å². The van der Waals surface area contributed by atoms with E-state index in [1.54, 1.807) is 0 Å². The summed E-state index contributed by atoms with van der Waals surface area (Å²) in [4.78, 5) is 13.9. The topological polar surface area (TPSA) is 48.7 Å². The number of anilines is 1. The molecule has 2 aromatic rings. The maximum absolute atomic E-state index is 4.81. The molecule has 3 rings (SSSR count). The first-order valence-electron chi connectivity index (χ1n) is 8.57. The number of nitrogens with zero attached hydrogens (tertiary/aromatic N) is 5. The Morgan fingerprint density at radius 2 is 2.12 bits per heavy atom. The van der Waals surface area contributed by atoms with Gasteiger partial charge in [-0.15, -0.1) is 35.3 Å². The summed E-state index contributed by atoms with van der Waals surface area (Å²) in [6, 6.07) is 4.32. The molecule has 1 aliphatic heterocycles. The summed E-state index contributed by atoms with van der Waals surface area (Å²) in [5.74, 6) is 2.07. The predicted octanol–water partition coefficient (Wildman–Crippen LogP) is 2.66. The smallest absolute Gasteiger partial charge is 0.194 e. The number of halogens is 1. The molecule has 2 aromatic heterocycles. The highest BCUT2D eigenvalue weighted by Crippen LogP contribution is 2.22. The molecule has 0 atom stereocenters. The van der Waals surface area contributed by atoms with E-state index in [-0.39, 0.29) is 24.0 Å². The highest BCUT2D eigenvalue weighted by atomic mass is 127. The van der Waals surface area contributed by atoms with Crippen molar-refractivity contribution in [1.82, 2.24) is 19.8 Å². The van der Waals surface area contributed by atoms with E-state index in [4.69, 9.17) is 4.99 Å². The summed E-state index contributed by atoms with van der Waals surface area (Å²) in [5.41, 5.74) is 0. The maximum Gasteiger partial charge on any atom is 0.194 e. The predicted molar refractivity (Wildman–Crippen MR) is 116 cm³/mol. The second-order valence-electron chi connectivity index (χ2n) is 5.83. The molecule has 1 fully saturated rings. The van der Waals surface area contributed by atoms with Crippen LogP contribution >= 0.6 is 35.3 Å². The van der Waals surface area contributed by atoms with Crippen LogP contribution in [0.4, 0.5) is 5.00 Å². The van der Waals surface area contributed by atoms with Gasteiger partial charge >= 0.3 is 0 Å². The molecule has 0 spiro atoms. The quantitative estimate of drug-likeness (QED) is 0.412. The van der Waals surface area contributed by atoms with Crippen LogP contribution in [0.15, 0.2) is 34.9 Å². The zero-order chi connectivity index (χ0) is 16.8. The number of imidazole rings is 1. The number of hydrogen-bond donors (Lipinski definition) is 1. The molecule has 6 nitrogen and oxygen atoms in total. The molecule has 138 valence electrons. The van der Waals surface area contributed by atoms with Gasteiger partial charge in [0.05, 0.1) is 11.5 Å². The van der Waals surface area contributed by atoms with Crippen LogP contribution in [0.1, 0.15) is 12.7 Å². The summed E-state index contributed by atoms with van der Waals surface area (Å²) in [7, 11) is 0. The van der Waals surface area contributed by atoms with Gasteiger partial charge < -0.3 is 19.7 Å². The Labute approximate surface area is 171 Å². The number of aryl methyl sites for hydroxylation is 1. The van der Waals surface area contributed by atoms with Gasteiger partial charge in [0.25, 0.3) is 0 Å². The zero-order valence-corrected chi connectivity index (χ0v) is 18.0. The first kappa shape index (κ1) is 20.0. The normalized spacial score (nSPS) is 15.2. The summed E-state index contributed by atoms with van der Waals surface area (Å²) in [5, 5.41) is 6.94. The molecule has 0 aromatic carbocycles. The first-order chi connectivity index (χ1) is 11.8. The fraction of sp³-hybridized carbons (Fsp3) is 0.529. The van der Waals surface area contributed by atoms with Gasteiger partial charge in [0, 0.05) is 51.7 Å². The van der Waals surface area contributed by atoms with E-state index in [9.17, 15) is 0 Å². The van der Waals surface area contributed by atoms with Crippen molar-refractivity contribution < 1.29 is 0 Å². The standard InChI is InChI=1S/C17H26N6S.HI/c1-3-18-17(20-7-9-21-8-6-19-15(21)2)23-12-10-22(11-13-23)16-5-4-14-24-16;/h4-6,8,14H,3,7,9-13H2,1-2H3,(H,18,20);1H. The molecule has 0 saturated carbocycles. The number of rotatable bonds is 5. The highest BCUT2D eigenvalue weighted by molar-refractivity contribution is 14.0. The lowest BCUT2D eigenvalue weighted by atomic mass is 10.3. The van der Waals surface area contributed by atoms with E-state index in [0.29, 0.717) is 0 Å². The molecule has 0 aliphatic carbocycles. The van der Waals surface area contributed by atoms with Crippen molar-refractivity contribution in [3.05, 3.63) is 35.7 Å². The van der Waals surface area contributed by atoms with E-state index in [2.05, 4.69) is 49.1 Å². The number of hydrogen-bond acceptors (Lipinski definition) is 4. The van der Waals surface area contributed by atoms with Crippen LogP contribution in [0.2, 0.25) is 0 Å². The molecule has 1 aliphatic rings. The molecule has 1 N–H and O–H groups in total. The molecule has 0 unspecified atom stereocenters. The Morgan fingerprint density at radius 3 is 2.72 bits per heavy atom. The van der Waals surface area contributed by atoms with Gasteiger partial charge in [-0.2, -0.15) is 0 Å². The Bertz CT molecular complexity index is 646. The van der Waals surface area contributed by atoms with Crippen LogP contribution in [0.5, 0.6) is 0 Å². The second kappa shape index (κ2) is 10.0. The second-order valence-corrected chi connectivity index (χ2v) is 6.76. The molecular weight excluding hydrogens is 447 g/mol. The Morgan fingerprint density at radius 1 is 1.32 bits per heavy atom. The minimum atomic E-state index is 0. The minimum absolute atomic E-state index is 0. The molecule has 25 heavy (non-hydrogen) atoms. The summed E-state index contributed by atoms with van der Waals surface area (Å²) in [6.45, 7) is 10.8. The Hall–Kier alpha value is -1.29. The molecule has 0 bridgehead atoms. The SMILES string of the molecule is CCNC(=NCCn1ccnc1C)N1CCN(c2cccs2)CC1.I. The lowest BCUT2D eigenvalue weighted by Gasteiger charge is -2.37. The third kappa shape index (κ3) is 5.34. The van der Waals surface area contributed by atoms with E-state index in [1.165, 1.54) is 5.00 Å². The maximum atomic E-state index is 4.81. The zero-order valence-electron chi connectivity index (χ0n) is 14.9. The minimum Gasteiger partial charge on any atom is -0.360 e. The van der Waals surface area contributed by atoms with Gasteiger partial charge in [-0.1, -0.05) is 0 Å². The molecule has 3 heterocycles. The third-order valence-corrected chi connectivity index (χ3v) is 5.19. The lowest BCUT2D eigenvalue weighted by Crippen LogP contribution is -2.52. The van der Waals surface area contributed by atoms with Crippen molar-refractivity contribution >= 4 is 46.3 Å². The van der Waals surface area contributed by atoms with E-state index >= 15 is 0 Å². The van der Waals surface area contributed by atoms with Crippen molar-refractivity contribution in [3.8, 4) is 0 Å². The Kier molecular flexibility index (Phi) is 8.01. The third-order valence-electron chi connectivity index (χ3n) is 4.26. The summed E-state index contributed by atoms with van der Waals surface area (Å²) in [6.07, 6.45) is 3.85. The van der Waals surface area contributed by atoms with E-state index in [1.807, 2.05) is 30.7 Å². The fourth-order valence-electron chi connectivity index (χ4n) is 2.92. The van der Waals surface area contributed by atoms with Crippen LogP contribution in [-0.2, 0) is 6.54 Å². The number of thiophene rings is 1. The van der Waals surface area contributed by atoms with E-state index < -0.39 is 0 Å². The first-order valence-corrected chi connectivity index (χ1v) is 9.45. The van der Waals surface area contributed by atoms with Crippen LogP contribution in [-0.4, -0.2) is 59.7 Å². The average molecular weight is 474 g/mol. The molecule has 0 amide bonds. The summed E-state index contributed by atoms with van der Waals surface area (Å²) < 4.78 is 2.14. The lowest BCUT2D eigenvalue weighted by molar-refractivity contribution is 0.373. The van der Waals surface area contributed by atoms with Gasteiger partial charge in [0.15, 0.2) is 5.96 Å².